The third-order valence-electron chi connectivity index (χ3n) is 13.5. The molecular weight excluding hydrogens is 805 g/mol. The van der Waals surface area contributed by atoms with E-state index >= 15 is 0 Å². The summed E-state index contributed by atoms with van der Waals surface area (Å²) in [5.41, 5.74) is 0. The zero-order valence-electron chi connectivity index (χ0n) is 44.6. The summed E-state index contributed by atoms with van der Waals surface area (Å²) in [7, 11) is 0. The minimum absolute atomic E-state index is 0.113. The van der Waals surface area contributed by atoms with Gasteiger partial charge in [-0.25, -0.2) is 0 Å². The predicted octanol–water partition coefficient (Wildman–Crippen LogP) is 16.9. The summed E-state index contributed by atoms with van der Waals surface area (Å²) in [4.78, 5) is 30.0. The lowest BCUT2D eigenvalue weighted by Crippen LogP contribution is -2.41. The number of nitrogens with zero attached hydrogens (tertiary/aromatic N) is 2. The molecular formula is C58H116N2O5. The molecule has 0 rings (SSSR count). The molecule has 65 heavy (non-hydrogen) atoms. The van der Waals surface area contributed by atoms with E-state index in [0.717, 1.165) is 45.2 Å². The van der Waals surface area contributed by atoms with E-state index < -0.39 is 6.10 Å². The largest absolute Gasteiger partial charge is 0.466 e. The van der Waals surface area contributed by atoms with Crippen LogP contribution < -0.4 is 0 Å². The van der Waals surface area contributed by atoms with E-state index in [0.29, 0.717) is 65.1 Å². The Balaban J connectivity index is 4.56. The molecule has 0 heterocycles. The van der Waals surface area contributed by atoms with E-state index in [1.54, 1.807) is 0 Å². The average Bonchev–Trinajstić information content (AvgIpc) is 3.29. The molecule has 0 aliphatic rings. The number of esters is 2. The topological polar surface area (TPSA) is 79.3 Å². The molecule has 0 aromatic carbocycles. The molecule has 388 valence electrons. The highest BCUT2D eigenvalue weighted by molar-refractivity contribution is 5.69. The monoisotopic (exact) mass is 921 g/mol. The Bertz CT molecular complexity index is 899. The molecule has 1 N–H and O–H groups in total. The van der Waals surface area contributed by atoms with E-state index in [-0.39, 0.29) is 11.9 Å². The van der Waals surface area contributed by atoms with Gasteiger partial charge in [-0.05, 0) is 64.7 Å². The number of unbranched alkanes of at least 4 members (excludes halogenated alkanes) is 35. The molecule has 0 aliphatic carbocycles. The zero-order valence-corrected chi connectivity index (χ0v) is 44.6. The number of carbonyl (C=O) groups excluding carboxylic acids is 2. The summed E-state index contributed by atoms with van der Waals surface area (Å²) >= 11 is 0. The Kier molecular flexibility index (Phi) is 52.8. The van der Waals surface area contributed by atoms with Gasteiger partial charge in [0.2, 0.25) is 0 Å². The first-order chi connectivity index (χ1) is 32.0. The van der Waals surface area contributed by atoms with Crippen molar-refractivity contribution in [2.45, 2.75) is 310 Å². The molecule has 0 aliphatic heterocycles. The summed E-state index contributed by atoms with van der Waals surface area (Å²) < 4.78 is 11.2. The predicted molar refractivity (Wildman–Crippen MR) is 282 cm³/mol. The van der Waals surface area contributed by atoms with Crippen LogP contribution in [0.15, 0.2) is 0 Å². The van der Waals surface area contributed by atoms with Gasteiger partial charge in [0, 0.05) is 25.9 Å². The Hall–Kier alpha value is -1.18. The first-order valence-corrected chi connectivity index (χ1v) is 29.4. The summed E-state index contributed by atoms with van der Waals surface area (Å²) in [5.74, 6) is -0.226. The normalized spacial score (nSPS) is 12.2. The van der Waals surface area contributed by atoms with Gasteiger partial charge in [0.15, 0.2) is 0 Å². The fourth-order valence-electron chi connectivity index (χ4n) is 9.39. The average molecular weight is 922 g/mol. The van der Waals surface area contributed by atoms with Crippen LogP contribution in [-0.4, -0.2) is 85.4 Å². The third-order valence-corrected chi connectivity index (χ3v) is 13.5. The molecule has 0 aromatic heterocycles. The van der Waals surface area contributed by atoms with Crippen LogP contribution in [0, 0.1) is 0 Å². The molecule has 0 amide bonds. The lowest BCUT2D eigenvalue weighted by molar-refractivity contribution is -0.144. The molecule has 0 saturated heterocycles. The quantitative estimate of drug-likeness (QED) is 0.0481. The van der Waals surface area contributed by atoms with E-state index in [9.17, 15) is 14.7 Å². The van der Waals surface area contributed by atoms with Crippen molar-refractivity contribution in [3.8, 4) is 0 Å². The Morgan fingerprint density at radius 3 is 0.862 bits per heavy atom. The molecule has 1 unspecified atom stereocenters. The molecule has 0 spiro atoms. The van der Waals surface area contributed by atoms with Crippen LogP contribution in [0.2, 0.25) is 0 Å². The summed E-state index contributed by atoms with van der Waals surface area (Å²) in [6, 6.07) is 0. The van der Waals surface area contributed by atoms with Crippen molar-refractivity contribution < 1.29 is 24.2 Å². The standard InChI is InChI=1S/C58H116N2O5/c1-5-9-12-15-18-21-24-27-30-33-36-39-42-52-64-57(62)46-44-50-60(51-45-47-58(63)65-53-43-40-37-34-31-28-25-22-19-16-13-10-6-2)55-56(61)54-59(48-8-4)49-41-38-35-32-29-26-23-20-17-14-11-7-3/h56,61H,5-55H2,1-4H3. The van der Waals surface area contributed by atoms with E-state index in [2.05, 4.69) is 37.5 Å². The van der Waals surface area contributed by atoms with Crippen molar-refractivity contribution in [3.63, 3.8) is 0 Å². The van der Waals surface area contributed by atoms with Crippen LogP contribution in [0.5, 0.6) is 0 Å². The summed E-state index contributed by atoms with van der Waals surface area (Å²) in [5, 5.41) is 11.3. The van der Waals surface area contributed by atoms with Gasteiger partial charge in [-0.1, -0.05) is 252 Å². The van der Waals surface area contributed by atoms with Crippen molar-refractivity contribution in [2.75, 3.05) is 52.5 Å². The van der Waals surface area contributed by atoms with Gasteiger partial charge in [-0.15, -0.1) is 0 Å². The molecule has 0 saturated carbocycles. The van der Waals surface area contributed by atoms with Gasteiger partial charge in [0.25, 0.3) is 0 Å². The Morgan fingerprint density at radius 2 is 0.569 bits per heavy atom. The van der Waals surface area contributed by atoms with Crippen molar-refractivity contribution in [3.05, 3.63) is 0 Å². The van der Waals surface area contributed by atoms with Crippen LogP contribution >= 0.6 is 0 Å². The van der Waals surface area contributed by atoms with Crippen molar-refractivity contribution in [1.82, 2.24) is 9.80 Å². The summed E-state index contributed by atoms with van der Waals surface area (Å²) in [6.07, 6.45) is 53.0. The number of hydrogen-bond acceptors (Lipinski definition) is 7. The number of hydrogen-bond donors (Lipinski definition) is 1. The number of aliphatic hydroxyl groups excluding tert-OH is 1. The van der Waals surface area contributed by atoms with Gasteiger partial charge in [-0.3, -0.25) is 9.59 Å². The fourth-order valence-corrected chi connectivity index (χ4v) is 9.39. The molecule has 1 atom stereocenters. The SMILES string of the molecule is CCCCCCCCCCCCCCCOC(=O)CCCN(CCCC(=O)OCCCCCCCCCCCCCCC)CC(O)CN(CCC)CCCCCCCCCCCCCC. The first-order valence-electron chi connectivity index (χ1n) is 29.4. The van der Waals surface area contributed by atoms with Gasteiger partial charge in [0.05, 0.1) is 19.3 Å². The number of aliphatic hydroxyl groups is 1. The highest BCUT2D eigenvalue weighted by Gasteiger charge is 2.17. The molecule has 0 bridgehead atoms. The molecule has 0 radical (unpaired) electrons. The van der Waals surface area contributed by atoms with Gasteiger partial charge >= 0.3 is 11.9 Å². The van der Waals surface area contributed by atoms with Gasteiger partial charge in [0.1, 0.15) is 0 Å². The second-order valence-corrected chi connectivity index (χ2v) is 20.3. The third kappa shape index (κ3) is 50.5. The molecule has 0 fully saturated rings. The number of rotatable bonds is 55. The van der Waals surface area contributed by atoms with Crippen LogP contribution in [-0.2, 0) is 19.1 Å². The number of ether oxygens (including phenoxy) is 2. The highest BCUT2D eigenvalue weighted by atomic mass is 16.5. The smallest absolute Gasteiger partial charge is 0.305 e. The van der Waals surface area contributed by atoms with E-state index in [4.69, 9.17) is 9.47 Å². The van der Waals surface area contributed by atoms with Crippen LogP contribution in [0.1, 0.15) is 304 Å². The minimum atomic E-state index is -0.469. The Labute approximate surface area is 406 Å². The lowest BCUT2D eigenvalue weighted by atomic mass is 10.0. The van der Waals surface area contributed by atoms with Gasteiger partial charge in [-0.2, -0.15) is 0 Å². The minimum Gasteiger partial charge on any atom is -0.466 e. The van der Waals surface area contributed by atoms with E-state index in [1.807, 2.05) is 0 Å². The molecule has 7 heteroatoms. The molecule has 0 aromatic rings. The maximum absolute atomic E-state index is 12.7. The molecule has 7 nitrogen and oxygen atoms in total. The number of carbonyl (C=O) groups is 2. The second-order valence-electron chi connectivity index (χ2n) is 20.3. The van der Waals surface area contributed by atoms with Crippen molar-refractivity contribution >= 4 is 11.9 Å². The van der Waals surface area contributed by atoms with E-state index in [1.165, 1.54) is 218 Å². The van der Waals surface area contributed by atoms with Crippen molar-refractivity contribution in [1.29, 1.82) is 0 Å². The first kappa shape index (κ1) is 63.8. The van der Waals surface area contributed by atoms with Crippen LogP contribution in [0.3, 0.4) is 0 Å². The van der Waals surface area contributed by atoms with Crippen LogP contribution in [0.25, 0.3) is 0 Å². The highest BCUT2D eigenvalue weighted by Crippen LogP contribution is 2.16. The fraction of sp³-hybridized carbons (Fsp3) is 0.966. The Morgan fingerprint density at radius 1 is 0.323 bits per heavy atom. The maximum Gasteiger partial charge on any atom is 0.305 e. The van der Waals surface area contributed by atoms with Crippen LogP contribution in [0.4, 0.5) is 0 Å². The maximum atomic E-state index is 12.7. The van der Waals surface area contributed by atoms with Crippen molar-refractivity contribution in [2.24, 2.45) is 0 Å². The second kappa shape index (κ2) is 53.8. The lowest BCUT2D eigenvalue weighted by Gasteiger charge is -2.29. The van der Waals surface area contributed by atoms with Gasteiger partial charge < -0.3 is 24.4 Å². The summed E-state index contributed by atoms with van der Waals surface area (Å²) in [6.45, 7) is 14.8. The zero-order chi connectivity index (χ0) is 47.4.